The SMILES string of the molecule is N#Cc1cccc(C2N=C(c3ccc(-n4c5ccccc5c5cc6oc7ccccc7c6cc54)cc3)N=C(c3ccccc3)N2)c1. The molecule has 2 aromatic heterocycles. The standard InChI is InChI=1S/C40H25N5O/c41-24-25-9-8-12-28(21-25)40-43-38(26-10-2-1-3-11-26)42-39(44-40)27-17-19-29(20-18-27)45-34-15-6-4-13-30(34)32-23-37-33(22-35(32)45)31-14-5-7-16-36(31)46-37/h1-23,40H,(H,42,43,44). The van der Waals surface area contributed by atoms with Gasteiger partial charge in [0.25, 0.3) is 0 Å². The summed E-state index contributed by atoms with van der Waals surface area (Å²) in [5.41, 5.74) is 8.44. The summed E-state index contributed by atoms with van der Waals surface area (Å²) in [6.45, 7) is 0. The van der Waals surface area contributed by atoms with E-state index in [9.17, 15) is 5.26 Å². The first-order valence-corrected chi connectivity index (χ1v) is 15.2. The van der Waals surface area contributed by atoms with Crippen LogP contribution in [0, 0.1) is 11.3 Å². The maximum atomic E-state index is 9.51. The third-order valence-electron chi connectivity index (χ3n) is 8.68. The number of hydrogen-bond acceptors (Lipinski definition) is 5. The van der Waals surface area contributed by atoms with Gasteiger partial charge in [-0.1, -0.05) is 78.9 Å². The van der Waals surface area contributed by atoms with E-state index in [1.807, 2.05) is 60.7 Å². The highest BCUT2D eigenvalue weighted by atomic mass is 16.3. The van der Waals surface area contributed by atoms with Crippen molar-refractivity contribution in [3.63, 3.8) is 0 Å². The Bertz CT molecular complexity index is 2570. The first-order chi connectivity index (χ1) is 22.7. The normalized spacial score (nSPS) is 14.7. The second kappa shape index (κ2) is 10.3. The molecule has 0 aliphatic carbocycles. The third-order valence-corrected chi connectivity index (χ3v) is 8.68. The van der Waals surface area contributed by atoms with Crippen molar-refractivity contribution >= 4 is 55.4 Å². The van der Waals surface area contributed by atoms with Crippen LogP contribution in [0.3, 0.4) is 0 Å². The molecule has 0 saturated carbocycles. The molecule has 3 heterocycles. The summed E-state index contributed by atoms with van der Waals surface area (Å²) in [5.74, 6) is 1.37. The molecule has 1 N–H and O–H groups in total. The van der Waals surface area contributed by atoms with E-state index in [1.165, 1.54) is 5.39 Å². The van der Waals surface area contributed by atoms with E-state index in [1.54, 1.807) is 6.07 Å². The largest absolute Gasteiger partial charge is 0.456 e. The molecule has 0 spiro atoms. The van der Waals surface area contributed by atoms with Gasteiger partial charge < -0.3 is 14.3 Å². The fourth-order valence-corrected chi connectivity index (χ4v) is 6.49. The maximum absolute atomic E-state index is 9.51. The zero-order chi connectivity index (χ0) is 30.6. The number of amidine groups is 2. The van der Waals surface area contributed by atoms with Gasteiger partial charge in [-0.2, -0.15) is 5.26 Å². The summed E-state index contributed by atoms with van der Waals surface area (Å²) in [7, 11) is 0. The highest BCUT2D eigenvalue weighted by molar-refractivity contribution is 6.17. The second-order valence-electron chi connectivity index (χ2n) is 11.4. The molecule has 6 aromatic carbocycles. The molecule has 6 nitrogen and oxygen atoms in total. The number of nitrogens with zero attached hydrogens (tertiary/aromatic N) is 4. The van der Waals surface area contributed by atoms with Crippen LogP contribution in [0.1, 0.15) is 28.4 Å². The van der Waals surface area contributed by atoms with Gasteiger partial charge in [0.05, 0.1) is 22.7 Å². The topological polar surface area (TPSA) is 78.6 Å². The van der Waals surface area contributed by atoms with Gasteiger partial charge in [-0.3, -0.25) is 0 Å². The van der Waals surface area contributed by atoms with Crippen LogP contribution in [-0.4, -0.2) is 16.2 Å². The van der Waals surface area contributed by atoms with Crippen LogP contribution in [0.15, 0.2) is 154 Å². The Hall–Kier alpha value is -6.45. The molecule has 216 valence electrons. The lowest BCUT2D eigenvalue weighted by atomic mass is 10.1. The van der Waals surface area contributed by atoms with Crippen LogP contribution in [-0.2, 0) is 0 Å². The number of rotatable bonds is 4. The van der Waals surface area contributed by atoms with Crippen molar-refractivity contribution in [3.05, 3.63) is 162 Å². The molecule has 0 saturated heterocycles. The van der Waals surface area contributed by atoms with Gasteiger partial charge in [0.15, 0.2) is 5.84 Å². The molecule has 1 aliphatic heterocycles. The van der Waals surface area contributed by atoms with Crippen LogP contribution in [0.2, 0.25) is 0 Å². The summed E-state index contributed by atoms with van der Waals surface area (Å²) in [5, 5.41) is 17.5. The van der Waals surface area contributed by atoms with Crippen LogP contribution in [0.4, 0.5) is 0 Å². The van der Waals surface area contributed by atoms with E-state index >= 15 is 0 Å². The molecule has 0 radical (unpaired) electrons. The van der Waals surface area contributed by atoms with E-state index in [0.717, 1.165) is 66.6 Å². The molecule has 1 unspecified atom stereocenters. The minimum atomic E-state index is -0.389. The fourth-order valence-electron chi connectivity index (χ4n) is 6.49. The number of fused-ring (bicyclic) bond motifs is 6. The number of aromatic nitrogens is 1. The molecule has 1 aliphatic rings. The summed E-state index contributed by atoms with van der Waals surface area (Å²) < 4.78 is 8.56. The van der Waals surface area contributed by atoms with Gasteiger partial charge >= 0.3 is 0 Å². The van der Waals surface area contributed by atoms with Gasteiger partial charge in [0.1, 0.15) is 23.2 Å². The quantitative estimate of drug-likeness (QED) is 0.222. The lowest BCUT2D eigenvalue weighted by molar-refractivity contribution is 0.669. The average Bonchev–Trinajstić information content (AvgIpc) is 3.65. The average molecular weight is 592 g/mol. The molecule has 1 atom stereocenters. The van der Waals surface area contributed by atoms with Gasteiger partial charge in [-0.25, -0.2) is 9.98 Å². The monoisotopic (exact) mass is 591 g/mol. The number of benzene rings is 6. The lowest BCUT2D eigenvalue weighted by Crippen LogP contribution is -2.33. The van der Waals surface area contributed by atoms with E-state index in [0.29, 0.717) is 11.4 Å². The number of furan rings is 1. The maximum Gasteiger partial charge on any atom is 0.159 e. The van der Waals surface area contributed by atoms with Gasteiger partial charge in [-0.05, 0) is 66.2 Å². The number of para-hydroxylation sites is 2. The summed E-state index contributed by atoms with van der Waals surface area (Å²) in [6, 6.07) is 49.4. The van der Waals surface area contributed by atoms with Crippen LogP contribution >= 0.6 is 0 Å². The predicted molar refractivity (Wildman–Crippen MR) is 185 cm³/mol. The number of nitriles is 1. The zero-order valence-electron chi connectivity index (χ0n) is 24.6. The fraction of sp³-hybridized carbons (Fsp3) is 0.0250. The molecular formula is C40H25N5O. The summed E-state index contributed by atoms with van der Waals surface area (Å²) in [6.07, 6.45) is -0.389. The van der Waals surface area contributed by atoms with E-state index < -0.39 is 0 Å². The van der Waals surface area contributed by atoms with Crippen molar-refractivity contribution in [3.8, 4) is 11.8 Å². The minimum Gasteiger partial charge on any atom is -0.456 e. The molecule has 9 rings (SSSR count). The molecule has 8 aromatic rings. The van der Waals surface area contributed by atoms with Crippen molar-refractivity contribution in [2.75, 3.05) is 0 Å². The van der Waals surface area contributed by atoms with E-state index in [-0.39, 0.29) is 6.17 Å². The van der Waals surface area contributed by atoms with Crippen LogP contribution in [0.25, 0.3) is 49.4 Å². The molecule has 46 heavy (non-hydrogen) atoms. The Morgan fingerprint density at radius 1 is 0.630 bits per heavy atom. The third kappa shape index (κ3) is 4.18. The van der Waals surface area contributed by atoms with Crippen molar-refractivity contribution < 1.29 is 4.42 Å². The number of hydrogen-bond donors (Lipinski definition) is 1. The molecule has 6 heteroatoms. The summed E-state index contributed by atoms with van der Waals surface area (Å²) in [4.78, 5) is 9.98. The highest BCUT2D eigenvalue weighted by Gasteiger charge is 2.22. The zero-order valence-corrected chi connectivity index (χ0v) is 24.6. The Morgan fingerprint density at radius 2 is 1.41 bits per heavy atom. The van der Waals surface area contributed by atoms with Gasteiger partial charge in [0.2, 0.25) is 0 Å². The smallest absolute Gasteiger partial charge is 0.159 e. The van der Waals surface area contributed by atoms with Gasteiger partial charge in [0, 0.05) is 38.4 Å². The molecule has 0 fully saturated rings. The van der Waals surface area contributed by atoms with Gasteiger partial charge in [-0.15, -0.1) is 0 Å². The molecule has 0 bridgehead atoms. The second-order valence-corrected chi connectivity index (χ2v) is 11.4. The Labute approximate surface area is 264 Å². The minimum absolute atomic E-state index is 0.389. The number of nitrogens with one attached hydrogen (secondary N) is 1. The Morgan fingerprint density at radius 3 is 2.26 bits per heavy atom. The van der Waals surface area contributed by atoms with Crippen molar-refractivity contribution in [2.24, 2.45) is 9.98 Å². The van der Waals surface area contributed by atoms with E-state index in [4.69, 9.17) is 14.4 Å². The molecular weight excluding hydrogens is 566 g/mol. The predicted octanol–water partition coefficient (Wildman–Crippen LogP) is 9.05. The first-order valence-electron chi connectivity index (χ1n) is 15.2. The highest BCUT2D eigenvalue weighted by Crippen LogP contribution is 2.38. The van der Waals surface area contributed by atoms with Crippen molar-refractivity contribution in [1.29, 1.82) is 5.26 Å². The lowest BCUT2D eigenvalue weighted by Gasteiger charge is -2.24. The Balaban J connectivity index is 1.18. The summed E-state index contributed by atoms with van der Waals surface area (Å²) >= 11 is 0. The van der Waals surface area contributed by atoms with Crippen LogP contribution in [0.5, 0.6) is 0 Å². The number of aliphatic imine (C=N–C) groups is 2. The molecule has 0 amide bonds. The van der Waals surface area contributed by atoms with Crippen molar-refractivity contribution in [2.45, 2.75) is 6.17 Å². The Kier molecular flexibility index (Phi) is 5.84. The van der Waals surface area contributed by atoms with Crippen LogP contribution < -0.4 is 5.32 Å². The first kappa shape index (κ1) is 26.0. The van der Waals surface area contributed by atoms with Crippen molar-refractivity contribution in [1.82, 2.24) is 9.88 Å². The van der Waals surface area contributed by atoms with E-state index in [2.05, 4.69) is 88.7 Å².